The molecule has 0 amide bonds. The van der Waals surface area contributed by atoms with E-state index in [4.69, 9.17) is 4.74 Å². The molecule has 0 aromatic heterocycles. The fourth-order valence-corrected chi connectivity index (χ4v) is 3.29. The van der Waals surface area contributed by atoms with Crippen LogP contribution in [0.1, 0.15) is 19.4 Å². The lowest BCUT2D eigenvalue weighted by molar-refractivity contribution is 0.321. The van der Waals surface area contributed by atoms with E-state index >= 15 is 0 Å². The predicted molar refractivity (Wildman–Crippen MR) is 129 cm³/mol. The Kier molecular flexibility index (Phi) is 10.0. The molecule has 2 aromatic rings. The highest BCUT2D eigenvalue weighted by molar-refractivity contribution is 14.0. The number of aliphatic imine (C=N–C) groups is 1. The van der Waals surface area contributed by atoms with E-state index in [1.54, 1.807) is 31.3 Å². The van der Waals surface area contributed by atoms with Crippen LogP contribution in [0.25, 0.3) is 0 Å². The average Bonchev–Trinajstić information content (AvgIpc) is 2.67. The fraction of sp³-hybridized carbons (Fsp3) is 0.381. The summed E-state index contributed by atoms with van der Waals surface area (Å²) < 4.78 is 42.0. The molecule has 0 aliphatic heterocycles. The van der Waals surface area contributed by atoms with Crippen molar-refractivity contribution < 1.29 is 17.5 Å². The number of benzene rings is 2. The lowest BCUT2D eigenvalue weighted by Gasteiger charge is -2.26. The van der Waals surface area contributed by atoms with Gasteiger partial charge in [0.15, 0.2) is 15.8 Å². The molecule has 2 N–H and O–H groups in total. The molecule has 0 atom stereocenters. The molecule has 0 heterocycles. The Morgan fingerprint density at radius 3 is 2.37 bits per heavy atom. The monoisotopic (exact) mass is 549 g/mol. The van der Waals surface area contributed by atoms with E-state index in [2.05, 4.69) is 15.6 Å². The first-order valence-electron chi connectivity index (χ1n) is 9.25. The van der Waals surface area contributed by atoms with Crippen molar-refractivity contribution in [3.8, 4) is 5.75 Å². The van der Waals surface area contributed by atoms with Gasteiger partial charge in [-0.3, -0.25) is 4.99 Å². The number of hydrogen-bond acceptors (Lipinski definition) is 4. The second kappa shape index (κ2) is 11.5. The maximum atomic E-state index is 13.5. The van der Waals surface area contributed by atoms with Crippen LogP contribution in [0.5, 0.6) is 5.75 Å². The Balaban J connectivity index is 0.00000450. The second-order valence-corrected chi connectivity index (χ2v) is 9.35. The van der Waals surface area contributed by atoms with E-state index in [0.717, 1.165) is 5.56 Å². The Morgan fingerprint density at radius 2 is 1.80 bits per heavy atom. The van der Waals surface area contributed by atoms with E-state index in [9.17, 15) is 12.8 Å². The molecule has 0 saturated carbocycles. The smallest absolute Gasteiger partial charge is 0.191 e. The number of ether oxygens (including phenoxy) is 1. The summed E-state index contributed by atoms with van der Waals surface area (Å²) in [5.41, 5.74) is 0.624. The van der Waals surface area contributed by atoms with E-state index in [1.807, 2.05) is 19.9 Å². The molecule has 0 radical (unpaired) electrons. The van der Waals surface area contributed by atoms with Crippen molar-refractivity contribution in [2.24, 2.45) is 4.99 Å². The summed E-state index contributed by atoms with van der Waals surface area (Å²) in [6, 6.07) is 12.9. The van der Waals surface area contributed by atoms with Crippen LogP contribution in [0.2, 0.25) is 0 Å². The highest BCUT2D eigenvalue weighted by atomic mass is 127. The van der Waals surface area contributed by atoms with Gasteiger partial charge in [0.2, 0.25) is 0 Å². The lowest BCUT2D eigenvalue weighted by Crippen LogP contribution is -2.44. The van der Waals surface area contributed by atoms with Crippen LogP contribution in [0, 0.1) is 5.82 Å². The van der Waals surface area contributed by atoms with Crippen molar-refractivity contribution in [2.75, 3.05) is 33.0 Å². The molecule has 0 unspecified atom stereocenters. The highest BCUT2D eigenvalue weighted by Crippen LogP contribution is 2.22. The first-order chi connectivity index (χ1) is 13.6. The molecule has 0 saturated heterocycles. The minimum atomic E-state index is -3.21. The minimum Gasteiger partial charge on any atom is -0.492 e. The van der Waals surface area contributed by atoms with E-state index in [1.165, 1.54) is 24.5 Å². The SMILES string of the molecule is CN=C(NCCOc1ccc(S(C)(=O)=O)cc1)NCC(C)(C)c1cccc(F)c1.I. The van der Waals surface area contributed by atoms with Crippen LogP contribution in [-0.2, 0) is 15.3 Å². The first kappa shape index (κ1) is 26.2. The number of rotatable bonds is 8. The lowest BCUT2D eigenvalue weighted by atomic mass is 9.84. The Morgan fingerprint density at radius 1 is 1.13 bits per heavy atom. The van der Waals surface area contributed by atoms with Gasteiger partial charge in [-0.1, -0.05) is 26.0 Å². The molecule has 2 rings (SSSR count). The standard InChI is InChI=1S/C21H28FN3O3S.HI/c1-21(2,16-6-5-7-17(22)14-16)15-25-20(23-3)24-12-13-28-18-8-10-19(11-9-18)29(4,26)27;/h5-11,14H,12-13,15H2,1-4H3,(H2,23,24,25);1H. The van der Waals surface area contributed by atoms with E-state index < -0.39 is 9.84 Å². The summed E-state index contributed by atoms with van der Waals surface area (Å²) in [5.74, 6) is 0.958. The Hall–Kier alpha value is -1.88. The van der Waals surface area contributed by atoms with Crippen molar-refractivity contribution in [1.82, 2.24) is 10.6 Å². The largest absolute Gasteiger partial charge is 0.492 e. The summed E-state index contributed by atoms with van der Waals surface area (Å²) in [4.78, 5) is 4.44. The quantitative estimate of drug-likeness (QED) is 0.229. The molecular formula is C21H29FIN3O3S. The molecule has 30 heavy (non-hydrogen) atoms. The number of guanidine groups is 1. The number of halogens is 2. The number of nitrogens with one attached hydrogen (secondary N) is 2. The van der Waals surface area contributed by atoms with Gasteiger partial charge in [0.25, 0.3) is 0 Å². The molecule has 6 nitrogen and oxygen atoms in total. The van der Waals surface area contributed by atoms with Crippen LogP contribution < -0.4 is 15.4 Å². The maximum Gasteiger partial charge on any atom is 0.191 e. The van der Waals surface area contributed by atoms with Crippen LogP contribution >= 0.6 is 24.0 Å². The molecule has 0 bridgehead atoms. The molecule has 0 fully saturated rings. The number of nitrogens with zero attached hydrogens (tertiary/aromatic N) is 1. The van der Waals surface area contributed by atoms with Gasteiger partial charge in [-0.15, -0.1) is 24.0 Å². The molecular weight excluding hydrogens is 520 g/mol. The van der Waals surface area contributed by atoms with Crippen LogP contribution in [0.3, 0.4) is 0 Å². The van der Waals surface area contributed by atoms with Crippen LogP contribution in [-0.4, -0.2) is 47.4 Å². The summed E-state index contributed by atoms with van der Waals surface area (Å²) in [5, 5.41) is 6.40. The normalized spacial score (nSPS) is 12.1. The van der Waals surface area contributed by atoms with Crippen molar-refractivity contribution in [1.29, 1.82) is 0 Å². The number of hydrogen-bond donors (Lipinski definition) is 2. The summed E-state index contributed by atoms with van der Waals surface area (Å²) in [6.07, 6.45) is 1.17. The van der Waals surface area contributed by atoms with E-state index in [0.29, 0.717) is 31.4 Å². The van der Waals surface area contributed by atoms with E-state index in [-0.39, 0.29) is 40.1 Å². The van der Waals surface area contributed by atoms with Gasteiger partial charge in [0.1, 0.15) is 18.2 Å². The molecule has 166 valence electrons. The highest BCUT2D eigenvalue weighted by Gasteiger charge is 2.21. The van der Waals surface area contributed by atoms with Crippen molar-refractivity contribution in [3.63, 3.8) is 0 Å². The van der Waals surface area contributed by atoms with Crippen molar-refractivity contribution in [3.05, 3.63) is 59.9 Å². The fourth-order valence-electron chi connectivity index (χ4n) is 2.66. The van der Waals surface area contributed by atoms with Gasteiger partial charge in [-0.05, 0) is 42.0 Å². The molecule has 0 aliphatic rings. The third-order valence-electron chi connectivity index (χ3n) is 4.44. The summed E-state index contributed by atoms with van der Waals surface area (Å²) in [6.45, 7) is 5.53. The first-order valence-corrected chi connectivity index (χ1v) is 11.1. The predicted octanol–water partition coefficient (Wildman–Crippen LogP) is 3.37. The maximum absolute atomic E-state index is 13.5. The second-order valence-electron chi connectivity index (χ2n) is 7.34. The number of sulfone groups is 1. The van der Waals surface area contributed by atoms with Gasteiger partial charge in [0, 0.05) is 25.3 Å². The third-order valence-corrected chi connectivity index (χ3v) is 5.57. The van der Waals surface area contributed by atoms with Gasteiger partial charge in [-0.2, -0.15) is 0 Å². The molecule has 0 spiro atoms. The zero-order valence-corrected chi connectivity index (χ0v) is 20.8. The topological polar surface area (TPSA) is 79.8 Å². The molecule has 9 heteroatoms. The average molecular weight is 549 g/mol. The molecule has 0 aliphatic carbocycles. The van der Waals surface area contributed by atoms with Crippen LogP contribution in [0.15, 0.2) is 58.4 Å². The van der Waals surface area contributed by atoms with Gasteiger partial charge < -0.3 is 15.4 Å². The minimum absolute atomic E-state index is 0. The van der Waals surface area contributed by atoms with Gasteiger partial charge >= 0.3 is 0 Å². The zero-order valence-electron chi connectivity index (χ0n) is 17.6. The zero-order chi connectivity index (χ0) is 21.5. The Labute approximate surface area is 195 Å². The summed E-state index contributed by atoms with van der Waals surface area (Å²) in [7, 11) is -1.54. The third kappa shape index (κ3) is 8.10. The van der Waals surface area contributed by atoms with Gasteiger partial charge in [-0.25, -0.2) is 12.8 Å². The molecule has 2 aromatic carbocycles. The van der Waals surface area contributed by atoms with Gasteiger partial charge in [0.05, 0.1) is 11.4 Å². The van der Waals surface area contributed by atoms with Crippen molar-refractivity contribution >= 4 is 39.8 Å². The van der Waals surface area contributed by atoms with Crippen molar-refractivity contribution in [2.45, 2.75) is 24.2 Å². The van der Waals surface area contributed by atoms with Crippen LogP contribution in [0.4, 0.5) is 4.39 Å². The Bertz CT molecular complexity index is 948. The summed E-state index contributed by atoms with van der Waals surface area (Å²) >= 11 is 0.